The van der Waals surface area contributed by atoms with Crippen molar-refractivity contribution in [3.05, 3.63) is 0 Å². The van der Waals surface area contributed by atoms with Crippen molar-refractivity contribution in [2.45, 2.75) is 50.8 Å². The molecule has 4 nitrogen and oxygen atoms in total. The number of aliphatic hydroxyl groups excluding tert-OH is 1. The third kappa shape index (κ3) is 3.65. The van der Waals surface area contributed by atoms with Gasteiger partial charge in [0, 0.05) is 25.6 Å². The van der Waals surface area contributed by atoms with Crippen molar-refractivity contribution < 1.29 is 23.1 Å². The first kappa shape index (κ1) is 17.0. The molecule has 1 aliphatic carbocycles. The van der Waals surface area contributed by atoms with Gasteiger partial charge in [-0.2, -0.15) is 13.2 Å². The second kappa shape index (κ2) is 6.24. The van der Waals surface area contributed by atoms with Crippen LogP contribution in [0.3, 0.4) is 0 Å². The molecule has 23 heavy (non-hydrogen) atoms. The lowest BCUT2D eigenvalue weighted by Crippen LogP contribution is -2.45. The smallest absolute Gasteiger partial charge is 0.382 e. The van der Waals surface area contributed by atoms with Crippen LogP contribution in [0.25, 0.3) is 0 Å². The van der Waals surface area contributed by atoms with E-state index < -0.39 is 12.3 Å². The molecule has 2 heterocycles. The molecule has 1 saturated carbocycles. The fourth-order valence-electron chi connectivity index (χ4n) is 4.11. The van der Waals surface area contributed by atoms with Gasteiger partial charge < -0.3 is 14.9 Å². The normalized spacial score (nSPS) is 29.6. The molecule has 1 amide bonds. The highest BCUT2D eigenvalue weighted by Gasteiger charge is 2.59. The molecular weight excluding hydrogens is 309 g/mol. The summed E-state index contributed by atoms with van der Waals surface area (Å²) < 4.78 is 37.2. The van der Waals surface area contributed by atoms with Crippen LogP contribution in [-0.2, 0) is 4.79 Å². The predicted molar refractivity (Wildman–Crippen MR) is 78.7 cm³/mol. The highest BCUT2D eigenvalue weighted by atomic mass is 19.4. The van der Waals surface area contributed by atoms with Gasteiger partial charge in [0.2, 0.25) is 5.91 Å². The first-order chi connectivity index (χ1) is 10.8. The van der Waals surface area contributed by atoms with Gasteiger partial charge >= 0.3 is 6.18 Å². The summed E-state index contributed by atoms with van der Waals surface area (Å²) in [4.78, 5) is 16.2. The number of nitrogens with zero attached hydrogens (tertiary/aromatic N) is 2. The molecule has 0 radical (unpaired) electrons. The summed E-state index contributed by atoms with van der Waals surface area (Å²) in [7, 11) is 0. The van der Waals surface area contributed by atoms with Crippen LogP contribution in [0.2, 0.25) is 0 Å². The van der Waals surface area contributed by atoms with Gasteiger partial charge in [0.05, 0.1) is 0 Å². The van der Waals surface area contributed by atoms with E-state index in [1.54, 1.807) is 4.90 Å². The average Bonchev–Trinajstić information content (AvgIpc) is 3.23. The Morgan fingerprint density at radius 3 is 2.30 bits per heavy atom. The van der Waals surface area contributed by atoms with E-state index in [4.69, 9.17) is 5.11 Å². The zero-order valence-corrected chi connectivity index (χ0v) is 13.3. The number of carbonyl (C=O) groups is 1. The highest BCUT2D eigenvalue weighted by Crippen LogP contribution is 2.60. The summed E-state index contributed by atoms with van der Waals surface area (Å²) in [6.07, 6.45) is -1.07. The van der Waals surface area contributed by atoms with E-state index in [2.05, 4.69) is 0 Å². The molecule has 0 aromatic carbocycles. The standard InChI is InChI=1S/C16H25F3N2O2/c17-16(18,19)13(22)11-20-8-4-15(5-9-20)10-12(15)14(23)21-6-2-1-3-7-21/h12-13,22H,1-11H2/t12-,13+/m0/s1. The van der Waals surface area contributed by atoms with Crippen molar-refractivity contribution >= 4 is 5.91 Å². The van der Waals surface area contributed by atoms with Crippen LogP contribution >= 0.6 is 0 Å². The van der Waals surface area contributed by atoms with E-state index in [1.807, 2.05) is 4.90 Å². The van der Waals surface area contributed by atoms with Crippen LogP contribution in [0.1, 0.15) is 38.5 Å². The zero-order valence-electron chi connectivity index (χ0n) is 13.3. The van der Waals surface area contributed by atoms with Gasteiger partial charge in [0.1, 0.15) is 0 Å². The average molecular weight is 334 g/mol. The lowest BCUT2D eigenvalue weighted by atomic mass is 9.90. The second-order valence-corrected chi connectivity index (χ2v) is 7.36. The van der Waals surface area contributed by atoms with Crippen molar-refractivity contribution in [1.29, 1.82) is 0 Å². The minimum atomic E-state index is -4.55. The van der Waals surface area contributed by atoms with Crippen LogP contribution in [0.5, 0.6) is 0 Å². The maximum Gasteiger partial charge on any atom is 0.415 e. The van der Waals surface area contributed by atoms with E-state index in [1.165, 1.54) is 6.42 Å². The summed E-state index contributed by atoms with van der Waals surface area (Å²) in [6.45, 7) is 2.43. The molecule has 2 atom stereocenters. The van der Waals surface area contributed by atoms with Crippen LogP contribution in [-0.4, -0.2) is 65.8 Å². The van der Waals surface area contributed by atoms with Gasteiger partial charge in [-0.05, 0) is 57.0 Å². The Bertz CT molecular complexity index is 441. The Hall–Kier alpha value is -0.820. The lowest BCUT2D eigenvalue weighted by Gasteiger charge is -2.35. The van der Waals surface area contributed by atoms with E-state index in [0.717, 1.165) is 45.2 Å². The van der Waals surface area contributed by atoms with Crippen molar-refractivity contribution in [3.8, 4) is 0 Å². The van der Waals surface area contributed by atoms with Crippen molar-refractivity contribution in [2.24, 2.45) is 11.3 Å². The van der Waals surface area contributed by atoms with Crippen LogP contribution in [0.4, 0.5) is 13.2 Å². The van der Waals surface area contributed by atoms with Crippen molar-refractivity contribution in [1.82, 2.24) is 9.80 Å². The van der Waals surface area contributed by atoms with Gasteiger partial charge in [0.25, 0.3) is 0 Å². The first-order valence-electron chi connectivity index (χ1n) is 8.58. The molecular formula is C16H25F3N2O2. The van der Waals surface area contributed by atoms with E-state index >= 15 is 0 Å². The predicted octanol–water partition coefficient (Wildman–Crippen LogP) is 2.02. The molecule has 1 N–H and O–H groups in total. The van der Waals surface area contributed by atoms with Gasteiger partial charge in [-0.25, -0.2) is 0 Å². The van der Waals surface area contributed by atoms with Crippen molar-refractivity contribution in [3.63, 3.8) is 0 Å². The summed E-state index contributed by atoms with van der Waals surface area (Å²) in [6, 6.07) is 0. The Balaban J connectivity index is 1.47. The summed E-state index contributed by atoms with van der Waals surface area (Å²) in [5.41, 5.74) is 0.0220. The molecule has 132 valence electrons. The van der Waals surface area contributed by atoms with Crippen molar-refractivity contribution in [2.75, 3.05) is 32.7 Å². The first-order valence-corrected chi connectivity index (χ1v) is 8.58. The number of amides is 1. The van der Waals surface area contributed by atoms with Crippen LogP contribution in [0, 0.1) is 11.3 Å². The number of rotatable bonds is 3. The third-order valence-electron chi connectivity index (χ3n) is 5.82. The topological polar surface area (TPSA) is 43.8 Å². The van der Waals surface area contributed by atoms with Gasteiger partial charge in [-0.1, -0.05) is 0 Å². The molecule has 3 aliphatic rings. The van der Waals surface area contributed by atoms with E-state index in [-0.39, 0.29) is 23.8 Å². The molecule has 1 spiro atoms. The summed E-state index contributed by atoms with van der Waals surface area (Å²) >= 11 is 0. The number of β-amino-alcohol motifs (C(OH)–C–C–N with tert-alkyl or cyclic N) is 1. The maximum absolute atomic E-state index is 12.5. The summed E-state index contributed by atoms with van der Waals surface area (Å²) in [5.74, 6) is 0.337. The molecule has 0 aromatic rings. The molecule has 0 aromatic heterocycles. The number of hydrogen-bond donors (Lipinski definition) is 1. The monoisotopic (exact) mass is 334 g/mol. The highest BCUT2D eigenvalue weighted by molar-refractivity contribution is 5.82. The van der Waals surface area contributed by atoms with Gasteiger partial charge in [0.15, 0.2) is 6.10 Å². The minimum Gasteiger partial charge on any atom is -0.382 e. The minimum absolute atomic E-state index is 0.0220. The molecule has 3 fully saturated rings. The Morgan fingerprint density at radius 1 is 1.13 bits per heavy atom. The zero-order chi connectivity index (χ0) is 16.7. The quantitative estimate of drug-likeness (QED) is 0.859. The molecule has 2 saturated heterocycles. The molecule has 7 heteroatoms. The molecule has 3 rings (SSSR count). The Morgan fingerprint density at radius 2 is 1.74 bits per heavy atom. The molecule has 2 aliphatic heterocycles. The van der Waals surface area contributed by atoms with E-state index in [0.29, 0.717) is 13.1 Å². The second-order valence-electron chi connectivity index (χ2n) is 7.36. The fraction of sp³-hybridized carbons (Fsp3) is 0.938. The lowest BCUT2D eigenvalue weighted by molar-refractivity contribution is -0.208. The molecule has 0 unspecified atom stereocenters. The number of aliphatic hydroxyl groups is 1. The number of alkyl halides is 3. The number of likely N-dealkylation sites (tertiary alicyclic amines) is 2. The number of piperidine rings is 2. The Kier molecular flexibility index (Phi) is 4.62. The Labute approximate surface area is 134 Å². The SMILES string of the molecule is O=C([C@@H]1CC12CCN(C[C@@H](O)C(F)(F)F)CC2)N1CCCCC1. The molecule has 0 bridgehead atoms. The fourth-order valence-corrected chi connectivity index (χ4v) is 4.11. The van der Waals surface area contributed by atoms with Gasteiger partial charge in [-0.15, -0.1) is 0 Å². The maximum atomic E-state index is 12.5. The van der Waals surface area contributed by atoms with Gasteiger partial charge in [-0.3, -0.25) is 4.79 Å². The number of hydrogen-bond acceptors (Lipinski definition) is 3. The number of halogens is 3. The van der Waals surface area contributed by atoms with Crippen LogP contribution in [0.15, 0.2) is 0 Å². The largest absolute Gasteiger partial charge is 0.415 e. The van der Waals surface area contributed by atoms with Crippen LogP contribution < -0.4 is 0 Å². The third-order valence-corrected chi connectivity index (χ3v) is 5.82. The number of carbonyl (C=O) groups excluding carboxylic acids is 1. The van der Waals surface area contributed by atoms with E-state index in [9.17, 15) is 18.0 Å². The summed E-state index contributed by atoms with van der Waals surface area (Å²) in [5, 5.41) is 9.17.